The Hall–Kier alpha value is -1.98. The summed E-state index contributed by atoms with van der Waals surface area (Å²) in [6.45, 7) is 5.77. The highest BCUT2D eigenvalue weighted by Crippen LogP contribution is 2.16. The molecule has 0 unspecified atom stereocenters. The van der Waals surface area contributed by atoms with Crippen LogP contribution < -0.4 is 5.32 Å². The van der Waals surface area contributed by atoms with Gasteiger partial charge in [-0.05, 0) is 19.4 Å². The second-order valence-electron chi connectivity index (χ2n) is 3.88. The van der Waals surface area contributed by atoms with E-state index in [1.807, 2.05) is 20.8 Å². The molecule has 0 saturated heterocycles. The van der Waals surface area contributed by atoms with E-state index in [0.717, 1.165) is 23.4 Å². The Kier molecular flexibility index (Phi) is 2.79. The molecule has 1 amide bonds. The number of aromatic nitrogens is 4. The van der Waals surface area contributed by atoms with E-state index in [2.05, 4.69) is 20.6 Å². The maximum atomic E-state index is 11.7. The zero-order chi connectivity index (χ0) is 12.6. The van der Waals surface area contributed by atoms with Crippen molar-refractivity contribution in [3.63, 3.8) is 0 Å². The molecule has 2 heterocycles. The molecule has 2 rings (SSSR count). The first-order valence-corrected chi connectivity index (χ1v) is 5.53. The summed E-state index contributed by atoms with van der Waals surface area (Å²) in [5.41, 5.74) is 2.91. The molecule has 0 radical (unpaired) electrons. The molecule has 1 N–H and O–H groups in total. The highest BCUT2D eigenvalue weighted by Gasteiger charge is 2.17. The molecule has 6 heteroatoms. The van der Waals surface area contributed by atoms with Gasteiger partial charge in [-0.1, -0.05) is 6.92 Å². The van der Waals surface area contributed by atoms with Crippen LogP contribution in [0.3, 0.4) is 0 Å². The minimum atomic E-state index is -0.191. The monoisotopic (exact) mass is 233 g/mol. The molecule has 0 aliphatic carbocycles. The summed E-state index contributed by atoms with van der Waals surface area (Å²) in [6, 6.07) is 0. The molecule has 2 aromatic rings. The molecule has 0 aliphatic rings. The van der Waals surface area contributed by atoms with Crippen molar-refractivity contribution in [2.45, 2.75) is 27.2 Å². The Labute approximate surface area is 99.0 Å². The van der Waals surface area contributed by atoms with Crippen molar-refractivity contribution in [2.24, 2.45) is 0 Å². The number of nitrogens with zero attached hydrogens (tertiary/aromatic N) is 4. The number of aryl methyl sites for hydroxylation is 2. The fourth-order valence-electron chi connectivity index (χ4n) is 1.73. The topological polar surface area (TPSA) is 72.2 Å². The van der Waals surface area contributed by atoms with Crippen LogP contribution in [0, 0.1) is 13.8 Å². The number of rotatable bonds is 2. The number of nitrogens with one attached hydrogen (secondary N) is 1. The van der Waals surface area contributed by atoms with Gasteiger partial charge in [-0.15, -0.1) is 10.2 Å². The van der Waals surface area contributed by atoms with Gasteiger partial charge in [0.05, 0.1) is 0 Å². The molecule has 0 atom stereocenters. The van der Waals surface area contributed by atoms with E-state index in [4.69, 9.17) is 0 Å². The van der Waals surface area contributed by atoms with Crippen molar-refractivity contribution in [2.75, 3.05) is 7.05 Å². The first-order valence-electron chi connectivity index (χ1n) is 5.53. The van der Waals surface area contributed by atoms with Crippen LogP contribution in [0.15, 0.2) is 0 Å². The smallest absolute Gasteiger partial charge is 0.271 e. The summed E-state index contributed by atoms with van der Waals surface area (Å²) in [6.07, 6.45) is 0.726. The molecular weight excluding hydrogens is 218 g/mol. The van der Waals surface area contributed by atoms with E-state index >= 15 is 0 Å². The van der Waals surface area contributed by atoms with Gasteiger partial charge in [-0.3, -0.25) is 4.79 Å². The zero-order valence-corrected chi connectivity index (χ0v) is 10.4. The van der Waals surface area contributed by atoms with Crippen molar-refractivity contribution in [1.82, 2.24) is 25.1 Å². The average molecular weight is 233 g/mol. The highest BCUT2D eigenvalue weighted by molar-refractivity contribution is 5.94. The zero-order valence-electron chi connectivity index (χ0n) is 10.4. The summed E-state index contributed by atoms with van der Waals surface area (Å²) in [5, 5.41) is 15.1. The molecular formula is C11H15N5O. The Morgan fingerprint density at radius 3 is 2.59 bits per heavy atom. The third kappa shape index (κ3) is 1.65. The van der Waals surface area contributed by atoms with Crippen LogP contribution in [0.5, 0.6) is 0 Å². The third-order valence-electron chi connectivity index (χ3n) is 2.92. The van der Waals surface area contributed by atoms with Crippen LogP contribution in [-0.4, -0.2) is 32.8 Å². The summed E-state index contributed by atoms with van der Waals surface area (Å²) >= 11 is 0. The van der Waals surface area contributed by atoms with Gasteiger partial charge >= 0.3 is 0 Å². The molecule has 0 fully saturated rings. The van der Waals surface area contributed by atoms with E-state index in [0.29, 0.717) is 11.3 Å². The molecule has 17 heavy (non-hydrogen) atoms. The Balaban J connectivity index is 2.78. The summed E-state index contributed by atoms with van der Waals surface area (Å²) < 4.78 is 1.65. The molecule has 2 aromatic heterocycles. The Morgan fingerprint density at radius 2 is 2.00 bits per heavy atom. The molecule has 0 aliphatic heterocycles. The van der Waals surface area contributed by atoms with E-state index < -0.39 is 0 Å². The minimum absolute atomic E-state index is 0.191. The summed E-state index contributed by atoms with van der Waals surface area (Å²) in [7, 11) is 1.59. The van der Waals surface area contributed by atoms with Gasteiger partial charge in [0, 0.05) is 19.0 Å². The van der Waals surface area contributed by atoms with Crippen LogP contribution in [0.1, 0.15) is 34.4 Å². The number of carbonyl (C=O) groups excluding carboxylic acids is 1. The van der Waals surface area contributed by atoms with E-state index in [1.54, 1.807) is 11.6 Å². The fourth-order valence-corrected chi connectivity index (χ4v) is 1.73. The molecule has 0 spiro atoms. The molecule has 0 aromatic carbocycles. The molecule has 6 nitrogen and oxygen atoms in total. The summed E-state index contributed by atoms with van der Waals surface area (Å²) in [4.78, 5) is 11.7. The van der Waals surface area contributed by atoms with Crippen molar-refractivity contribution in [3.8, 4) is 0 Å². The molecule has 0 bridgehead atoms. The van der Waals surface area contributed by atoms with Crippen molar-refractivity contribution >= 4 is 11.6 Å². The van der Waals surface area contributed by atoms with Crippen molar-refractivity contribution in [3.05, 3.63) is 22.6 Å². The lowest BCUT2D eigenvalue weighted by Crippen LogP contribution is -2.22. The van der Waals surface area contributed by atoms with E-state index in [-0.39, 0.29) is 5.91 Å². The van der Waals surface area contributed by atoms with Gasteiger partial charge in [0.15, 0.2) is 17.2 Å². The minimum Gasteiger partial charge on any atom is -0.354 e. The molecule has 90 valence electrons. The van der Waals surface area contributed by atoms with Gasteiger partial charge in [-0.25, -0.2) is 0 Å². The second kappa shape index (κ2) is 4.12. The van der Waals surface area contributed by atoms with Gasteiger partial charge < -0.3 is 5.32 Å². The van der Waals surface area contributed by atoms with Crippen molar-refractivity contribution in [1.29, 1.82) is 0 Å². The van der Waals surface area contributed by atoms with E-state index in [9.17, 15) is 4.79 Å². The summed E-state index contributed by atoms with van der Waals surface area (Å²) in [5.74, 6) is 0.566. The third-order valence-corrected chi connectivity index (χ3v) is 2.92. The van der Waals surface area contributed by atoms with Gasteiger partial charge in [0.2, 0.25) is 0 Å². The fraction of sp³-hybridized carbons (Fsp3) is 0.455. The number of fused-ring (bicyclic) bond motifs is 1. The van der Waals surface area contributed by atoms with Crippen LogP contribution in [-0.2, 0) is 6.42 Å². The average Bonchev–Trinajstić information content (AvgIpc) is 2.75. The Morgan fingerprint density at radius 1 is 1.29 bits per heavy atom. The van der Waals surface area contributed by atoms with Crippen LogP contribution in [0.4, 0.5) is 0 Å². The van der Waals surface area contributed by atoms with Crippen LogP contribution in [0.25, 0.3) is 5.65 Å². The van der Waals surface area contributed by atoms with E-state index in [1.165, 1.54) is 0 Å². The Bertz CT molecular complexity index is 587. The lowest BCUT2D eigenvalue weighted by Gasteiger charge is -2.08. The van der Waals surface area contributed by atoms with Gasteiger partial charge in [0.25, 0.3) is 5.91 Å². The first kappa shape index (κ1) is 11.5. The number of amides is 1. The van der Waals surface area contributed by atoms with Gasteiger partial charge in [-0.2, -0.15) is 9.61 Å². The van der Waals surface area contributed by atoms with Gasteiger partial charge in [0.1, 0.15) is 0 Å². The number of hydrogen-bond acceptors (Lipinski definition) is 4. The maximum Gasteiger partial charge on any atom is 0.271 e. The standard InChI is InChI=1S/C11H15N5O/c1-5-8-13-14-10-7(3)6(2)9(11(17)12-4)15-16(8)10/h5H2,1-4H3,(H,12,17). The molecule has 0 saturated carbocycles. The highest BCUT2D eigenvalue weighted by atomic mass is 16.1. The lowest BCUT2D eigenvalue weighted by atomic mass is 10.1. The van der Waals surface area contributed by atoms with Crippen LogP contribution >= 0.6 is 0 Å². The van der Waals surface area contributed by atoms with Crippen LogP contribution in [0.2, 0.25) is 0 Å². The largest absolute Gasteiger partial charge is 0.354 e. The lowest BCUT2D eigenvalue weighted by molar-refractivity contribution is 0.0956. The predicted molar refractivity (Wildman–Crippen MR) is 63.0 cm³/mol. The second-order valence-corrected chi connectivity index (χ2v) is 3.88. The van der Waals surface area contributed by atoms with Crippen molar-refractivity contribution < 1.29 is 4.79 Å². The SMILES string of the molecule is CCc1nnc2c(C)c(C)c(C(=O)NC)nn12. The maximum absolute atomic E-state index is 11.7. The quantitative estimate of drug-likeness (QED) is 0.827. The predicted octanol–water partition coefficient (Wildman–Crippen LogP) is 0.663. The normalized spacial score (nSPS) is 10.8. The number of carbonyl (C=O) groups is 1. The number of hydrogen-bond donors (Lipinski definition) is 1. The first-order chi connectivity index (χ1) is 8.10.